The first-order valence-electron chi connectivity index (χ1n) is 8.44. The normalized spacial score (nSPS) is 13.8. The molecule has 0 spiro atoms. The van der Waals surface area contributed by atoms with Crippen molar-refractivity contribution in [3.05, 3.63) is 48.4 Å². The van der Waals surface area contributed by atoms with Crippen LogP contribution in [0.1, 0.15) is 0 Å². The van der Waals surface area contributed by atoms with Crippen LogP contribution in [0.2, 0.25) is 5.02 Å². The summed E-state index contributed by atoms with van der Waals surface area (Å²) in [4.78, 5) is 30.4. The van der Waals surface area contributed by atoms with E-state index in [0.717, 1.165) is 0 Å². The van der Waals surface area contributed by atoms with Gasteiger partial charge in [-0.25, -0.2) is 19.9 Å². The Morgan fingerprint density at radius 2 is 2.14 bits per heavy atom. The van der Waals surface area contributed by atoms with Crippen LogP contribution in [0, 0.1) is 0 Å². The number of nitrogens with zero attached hydrogens (tertiary/aromatic N) is 5. The van der Waals surface area contributed by atoms with Crippen molar-refractivity contribution >= 4 is 46.0 Å². The van der Waals surface area contributed by atoms with E-state index in [4.69, 9.17) is 11.6 Å². The fraction of sp³-hybridized carbons (Fsp3) is 0.167. The molecule has 3 aromatic rings. The molecule has 1 amide bonds. The van der Waals surface area contributed by atoms with Gasteiger partial charge in [0.15, 0.2) is 5.82 Å². The van der Waals surface area contributed by atoms with E-state index >= 15 is 0 Å². The number of anilines is 3. The number of nitrogens with one attached hydrogen (secondary N) is 2. The van der Waals surface area contributed by atoms with Crippen LogP contribution in [-0.4, -0.2) is 55.0 Å². The Hall–Kier alpha value is -3.46. The van der Waals surface area contributed by atoms with Gasteiger partial charge in [0.1, 0.15) is 23.1 Å². The lowest BCUT2D eigenvalue weighted by Gasteiger charge is -2.38. The summed E-state index contributed by atoms with van der Waals surface area (Å²) >= 11 is 5.96. The molecule has 28 heavy (non-hydrogen) atoms. The number of rotatable bonds is 5. The highest BCUT2D eigenvalue weighted by Crippen LogP contribution is 2.29. The average Bonchev–Trinajstić information content (AvgIpc) is 2.67. The molecular weight excluding hydrogens is 382 g/mol. The number of benzene rings is 1. The summed E-state index contributed by atoms with van der Waals surface area (Å²) in [6.45, 7) is 4.61. The van der Waals surface area contributed by atoms with E-state index in [1.54, 1.807) is 23.2 Å². The molecule has 3 N–H and O–H groups in total. The van der Waals surface area contributed by atoms with Crippen LogP contribution >= 0.6 is 11.6 Å². The zero-order chi connectivity index (χ0) is 19.7. The van der Waals surface area contributed by atoms with Gasteiger partial charge in [0.25, 0.3) is 0 Å². The summed E-state index contributed by atoms with van der Waals surface area (Å²) in [7, 11) is 0. The van der Waals surface area contributed by atoms with Gasteiger partial charge < -0.3 is 20.6 Å². The van der Waals surface area contributed by atoms with Crippen LogP contribution in [0.15, 0.2) is 43.4 Å². The van der Waals surface area contributed by atoms with Crippen LogP contribution in [0.4, 0.5) is 17.5 Å². The number of likely N-dealkylation sites (tertiary alicyclic amines) is 1. The Morgan fingerprint density at radius 1 is 1.32 bits per heavy atom. The number of fused-ring (bicyclic) bond motifs is 1. The van der Waals surface area contributed by atoms with E-state index in [1.807, 2.05) is 0 Å². The average molecular weight is 398 g/mol. The number of hydrogen-bond donors (Lipinski definition) is 3. The molecule has 2 aromatic heterocycles. The summed E-state index contributed by atoms with van der Waals surface area (Å²) in [6.07, 6.45) is 4.31. The van der Waals surface area contributed by atoms with E-state index < -0.39 is 0 Å². The number of amides is 1. The van der Waals surface area contributed by atoms with Crippen LogP contribution in [0.3, 0.4) is 0 Å². The van der Waals surface area contributed by atoms with Crippen LogP contribution in [0.5, 0.6) is 5.75 Å². The van der Waals surface area contributed by atoms with Crippen molar-refractivity contribution in [2.45, 2.75) is 6.04 Å². The molecule has 1 fully saturated rings. The number of carbonyl (C=O) groups is 1. The van der Waals surface area contributed by atoms with Gasteiger partial charge >= 0.3 is 0 Å². The Morgan fingerprint density at radius 3 is 2.89 bits per heavy atom. The monoisotopic (exact) mass is 397 g/mol. The minimum atomic E-state index is -0.0927. The van der Waals surface area contributed by atoms with E-state index in [1.165, 1.54) is 18.5 Å². The Bertz CT molecular complexity index is 1070. The van der Waals surface area contributed by atoms with Crippen molar-refractivity contribution in [3.8, 4) is 5.75 Å². The molecule has 0 atom stereocenters. The smallest absolute Gasteiger partial charge is 0.246 e. The van der Waals surface area contributed by atoms with Crippen molar-refractivity contribution in [3.63, 3.8) is 0 Å². The first kappa shape index (κ1) is 17.9. The number of hydrogen-bond acceptors (Lipinski definition) is 8. The fourth-order valence-corrected chi connectivity index (χ4v) is 2.98. The Balaban J connectivity index is 1.55. The zero-order valence-electron chi connectivity index (χ0n) is 14.6. The third-order valence-electron chi connectivity index (χ3n) is 4.29. The lowest BCUT2D eigenvalue weighted by molar-refractivity contribution is -0.129. The second-order valence-electron chi connectivity index (χ2n) is 6.23. The maximum atomic E-state index is 11.5. The summed E-state index contributed by atoms with van der Waals surface area (Å²) in [6, 6.07) is 4.82. The quantitative estimate of drug-likeness (QED) is 0.443. The highest BCUT2D eigenvalue weighted by Gasteiger charge is 2.29. The molecule has 3 heterocycles. The molecule has 0 bridgehead atoms. The van der Waals surface area contributed by atoms with Gasteiger partial charge in [0.05, 0.1) is 17.3 Å². The first-order valence-corrected chi connectivity index (χ1v) is 8.82. The predicted molar refractivity (Wildman–Crippen MR) is 106 cm³/mol. The summed E-state index contributed by atoms with van der Waals surface area (Å²) in [5.41, 5.74) is 1.75. The SMILES string of the molecule is C=CC(=O)N1CC(Nc2ncc3ncnc(Nc4ccc(O)c(Cl)c4)c3n2)C1. The van der Waals surface area contributed by atoms with Crippen molar-refractivity contribution in [1.82, 2.24) is 24.8 Å². The molecule has 0 radical (unpaired) electrons. The van der Waals surface area contributed by atoms with Crippen molar-refractivity contribution in [2.75, 3.05) is 23.7 Å². The molecule has 0 saturated carbocycles. The Kier molecular flexibility index (Phi) is 4.66. The van der Waals surface area contributed by atoms with E-state index in [-0.39, 0.29) is 22.7 Å². The van der Waals surface area contributed by atoms with Gasteiger partial charge in [-0.05, 0) is 24.3 Å². The number of aromatic nitrogens is 4. The summed E-state index contributed by atoms with van der Waals surface area (Å²) in [5, 5.41) is 16.1. The minimum absolute atomic E-state index is 0.00180. The zero-order valence-corrected chi connectivity index (χ0v) is 15.4. The van der Waals surface area contributed by atoms with Crippen LogP contribution < -0.4 is 10.6 Å². The number of phenols is 1. The first-order chi connectivity index (χ1) is 13.5. The largest absolute Gasteiger partial charge is 0.506 e. The lowest BCUT2D eigenvalue weighted by Crippen LogP contribution is -2.56. The van der Waals surface area contributed by atoms with Gasteiger partial charge in [0.2, 0.25) is 11.9 Å². The Labute approximate surface area is 165 Å². The molecule has 1 aliphatic rings. The van der Waals surface area contributed by atoms with Gasteiger partial charge in [-0.3, -0.25) is 4.79 Å². The van der Waals surface area contributed by atoms with Gasteiger partial charge in [-0.2, -0.15) is 0 Å². The van der Waals surface area contributed by atoms with Gasteiger partial charge in [-0.1, -0.05) is 18.2 Å². The molecule has 10 heteroatoms. The van der Waals surface area contributed by atoms with Gasteiger partial charge in [0, 0.05) is 18.8 Å². The summed E-state index contributed by atoms with van der Waals surface area (Å²) < 4.78 is 0. The molecule has 142 valence electrons. The standard InChI is InChI=1S/C18H16ClN7O2/c1-2-15(28)26-7-11(8-26)24-18-20-6-13-16(25-18)17(22-9-21-13)23-10-3-4-14(27)12(19)5-10/h2-6,9,11,27H,1,7-8H2,(H,20,24,25)(H,21,22,23). The number of phenolic OH excluding ortho intramolecular Hbond substituents is 1. The maximum Gasteiger partial charge on any atom is 0.246 e. The fourth-order valence-electron chi connectivity index (χ4n) is 2.80. The van der Waals surface area contributed by atoms with Crippen molar-refractivity contribution < 1.29 is 9.90 Å². The summed E-state index contributed by atoms with van der Waals surface area (Å²) in [5.74, 6) is 0.807. The molecule has 9 nitrogen and oxygen atoms in total. The third kappa shape index (κ3) is 3.52. The number of halogens is 1. The number of carbonyl (C=O) groups excluding carboxylic acids is 1. The predicted octanol–water partition coefficient (Wildman–Crippen LogP) is 2.33. The second kappa shape index (κ2) is 7.28. The van der Waals surface area contributed by atoms with Crippen molar-refractivity contribution in [2.24, 2.45) is 0 Å². The highest BCUT2D eigenvalue weighted by molar-refractivity contribution is 6.32. The van der Waals surface area contributed by atoms with Crippen molar-refractivity contribution in [1.29, 1.82) is 0 Å². The van der Waals surface area contributed by atoms with Gasteiger partial charge in [-0.15, -0.1) is 0 Å². The highest BCUT2D eigenvalue weighted by atomic mass is 35.5. The molecular formula is C18H16ClN7O2. The van der Waals surface area contributed by atoms with E-state index in [2.05, 4.69) is 37.1 Å². The topological polar surface area (TPSA) is 116 Å². The molecule has 4 rings (SSSR count). The molecule has 1 aliphatic heterocycles. The molecule has 0 unspecified atom stereocenters. The van der Waals surface area contributed by atoms with E-state index in [0.29, 0.717) is 41.6 Å². The second-order valence-corrected chi connectivity index (χ2v) is 6.64. The minimum Gasteiger partial charge on any atom is -0.506 e. The van der Waals surface area contributed by atoms with E-state index in [9.17, 15) is 9.90 Å². The molecule has 0 aliphatic carbocycles. The number of aromatic hydroxyl groups is 1. The maximum absolute atomic E-state index is 11.5. The van der Waals surface area contributed by atoms with Crippen LogP contribution in [0.25, 0.3) is 11.0 Å². The molecule has 1 aromatic carbocycles. The lowest BCUT2D eigenvalue weighted by atomic mass is 10.1. The third-order valence-corrected chi connectivity index (χ3v) is 4.59. The van der Waals surface area contributed by atoms with Crippen LogP contribution in [-0.2, 0) is 4.79 Å². The molecule has 1 saturated heterocycles.